The van der Waals surface area contributed by atoms with Crippen LogP contribution in [0.25, 0.3) is 17.4 Å². The summed E-state index contributed by atoms with van der Waals surface area (Å²) in [7, 11) is -5.75. The third-order valence-electron chi connectivity index (χ3n) is 13.2. The fourth-order valence-corrected chi connectivity index (χ4v) is 10.1. The number of hydrogen-bond acceptors (Lipinski definition) is 18. The van der Waals surface area contributed by atoms with E-state index in [0.717, 1.165) is 16.5 Å². The summed E-state index contributed by atoms with van der Waals surface area (Å²) >= 11 is 0. The monoisotopic (exact) mass is 1160 g/mol. The predicted molar refractivity (Wildman–Crippen MR) is 299 cm³/mol. The summed E-state index contributed by atoms with van der Waals surface area (Å²) in [6, 6.07) is 14.8. The van der Waals surface area contributed by atoms with Crippen molar-refractivity contribution in [1.29, 1.82) is 0 Å². The zero-order valence-corrected chi connectivity index (χ0v) is 48.6. The average Bonchev–Trinajstić information content (AvgIpc) is 4.10. The number of rotatable bonds is 38. The van der Waals surface area contributed by atoms with Gasteiger partial charge in [-0.15, -0.1) is 4.73 Å². The topological polar surface area (TPSA) is 274 Å². The van der Waals surface area contributed by atoms with Crippen LogP contribution in [0.3, 0.4) is 0 Å². The van der Waals surface area contributed by atoms with Crippen molar-refractivity contribution in [1.82, 2.24) is 9.31 Å². The zero-order valence-electron chi connectivity index (χ0n) is 47.0. The lowest BCUT2D eigenvalue weighted by atomic mass is 9.77. The quantitative estimate of drug-likeness (QED) is 0.0232. The maximum atomic E-state index is 12.6. The number of carbonyl (C=O) groups excluding carboxylic acids is 1. The fraction of sp³-hybridized carbons (Fsp3) is 0.571. The second-order valence-corrected chi connectivity index (χ2v) is 23.2. The van der Waals surface area contributed by atoms with Gasteiger partial charge < -0.3 is 62.3 Å². The number of hydrogen-bond donors (Lipinski definition) is 4. The van der Waals surface area contributed by atoms with E-state index in [-0.39, 0.29) is 29.6 Å². The second-order valence-electron chi connectivity index (χ2n) is 20.2. The molecular formula is C56H82N3O19S2+. The smallest absolute Gasteiger partial charge is 0.333 e. The Morgan fingerprint density at radius 1 is 0.700 bits per heavy atom. The van der Waals surface area contributed by atoms with Crippen LogP contribution in [0.15, 0.2) is 81.8 Å². The lowest BCUT2D eigenvalue weighted by Gasteiger charge is -2.30. The van der Waals surface area contributed by atoms with Gasteiger partial charge in [-0.3, -0.25) is 9.11 Å². The van der Waals surface area contributed by atoms with Crippen molar-refractivity contribution in [2.75, 3.05) is 137 Å². The molecule has 1 atom stereocenters. The molecule has 0 radical (unpaired) electrons. The van der Waals surface area contributed by atoms with Gasteiger partial charge in [-0.05, 0) is 91.6 Å². The molecule has 0 saturated carbocycles. The SMILES string of the molecule is COCCOCCOCCOCC[N+](CCOCCOCCOCCOC)=c1ccc2c(C(C)(C)C)cc(C=CC=C3N(CCCCCC(=O)On4c(O)ccc4O)c4ccc(S(=O)(=O)O)cc4C3(C)CCCS(=O)(=O)O)oc-2c1. The van der Waals surface area contributed by atoms with E-state index in [1.54, 1.807) is 20.3 Å². The van der Waals surface area contributed by atoms with Crippen LogP contribution in [0.2, 0.25) is 0 Å². The van der Waals surface area contributed by atoms with Crippen molar-refractivity contribution in [3.8, 4) is 23.1 Å². The number of fused-ring (bicyclic) bond motifs is 2. The molecule has 2 aromatic rings. The van der Waals surface area contributed by atoms with Crippen molar-refractivity contribution in [2.45, 2.75) is 81.9 Å². The van der Waals surface area contributed by atoms with Crippen LogP contribution in [0.1, 0.15) is 83.1 Å². The van der Waals surface area contributed by atoms with Crippen molar-refractivity contribution in [2.24, 2.45) is 0 Å². The number of carbonyl (C=O) groups is 1. The van der Waals surface area contributed by atoms with Crippen LogP contribution < -0.4 is 19.7 Å². The van der Waals surface area contributed by atoms with E-state index in [9.17, 15) is 40.9 Å². The molecule has 1 aromatic heterocycles. The number of allylic oxidation sites excluding steroid dienone is 3. The number of nitrogens with zero attached hydrogens (tertiary/aromatic N) is 3. The molecule has 1 aromatic carbocycles. The number of anilines is 1. The van der Waals surface area contributed by atoms with Crippen molar-refractivity contribution in [3.05, 3.63) is 94.7 Å². The summed E-state index contributed by atoms with van der Waals surface area (Å²) in [5, 5.41) is 20.7. The van der Waals surface area contributed by atoms with Crippen LogP contribution in [0.4, 0.5) is 5.69 Å². The number of ether oxygens (including phenoxy) is 8. The number of unbranched alkanes of at least 4 members (excludes halogenated alkanes) is 2. The molecule has 22 nitrogen and oxygen atoms in total. The van der Waals surface area contributed by atoms with Crippen molar-refractivity contribution >= 4 is 38.0 Å². The van der Waals surface area contributed by atoms with E-state index in [1.165, 1.54) is 24.3 Å². The summed E-state index contributed by atoms with van der Waals surface area (Å²) in [4.78, 5) is 19.4. The molecule has 2 aliphatic heterocycles. The maximum Gasteiger partial charge on any atom is 0.333 e. The Labute approximate surface area is 470 Å². The molecule has 446 valence electrons. The van der Waals surface area contributed by atoms with Crippen LogP contribution in [0, 0.1) is 0 Å². The van der Waals surface area contributed by atoms with Crippen molar-refractivity contribution < 1.29 is 88.1 Å². The Bertz CT molecular complexity index is 2850. The highest BCUT2D eigenvalue weighted by Crippen LogP contribution is 2.51. The lowest BCUT2D eigenvalue weighted by molar-refractivity contribution is -0.145. The van der Waals surface area contributed by atoms with Gasteiger partial charge in [0, 0.05) is 67.7 Å². The van der Waals surface area contributed by atoms with E-state index < -0.39 is 49.1 Å². The molecule has 0 fully saturated rings. The van der Waals surface area contributed by atoms with Gasteiger partial charge in [0.05, 0.1) is 96.0 Å². The standard InChI is InChI=1S/C56H81N3O19S2/c1-55(2,3)47-41-44(77-50-40-43(15-17-46(47)50)57(23-25-71-31-33-75-37-35-73-29-27-69-5)24-26-72-32-34-76-38-36-74-30-28-70-6)12-10-13-51-56(4,21-11-39-79(63,64)65)48-42-45(80(66,67)68)16-18-49(48)58(51)22-9-7-8-14-54(62)78-59-52(60)19-20-53(59)61/h10,12-13,15-20,40-42H,7-9,11,14,21-39H2,1-6H3,(H3-,60,61,63,64,65,66,67,68)/p+1. The van der Waals surface area contributed by atoms with Gasteiger partial charge in [0.2, 0.25) is 17.1 Å². The van der Waals surface area contributed by atoms with Crippen LogP contribution >= 0.6 is 0 Å². The van der Waals surface area contributed by atoms with Gasteiger partial charge in [-0.2, -0.15) is 16.8 Å². The first-order valence-electron chi connectivity index (χ1n) is 26.8. The molecule has 1 unspecified atom stereocenters. The summed E-state index contributed by atoms with van der Waals surface area (Å²) in [5.74, 6) is -0.926. The minimum atomic E-state index is -4.65. The number of aromatic nitrogens is 1. The molecule has 3 aliphatic rings. The highest BCUT2D eigenvalue weighted by atomic mass is 32.2. The predicted octanol–water partition coefficient (Wildman–Crippen LogP) is 5.86. The minimum Gasteiger partial charge on any atom is -0.492 e. The Balaban J connectivity index is 1.44. The molecule has 0 spiro atoms. The van der Waals surface area contributed by atoms with Gasteiger partial charge in [0.15, 0.2) is 13.1 Å². The third kappa shape index (κ3) is 21.0. The summed E-state index contributed by atoms with van der Waals surface area (Å²) < 4.78 is 123. The van der Waals surface area contributed by atoms with Crippen LogP contribution in [-0.2, 0) is 73.8 Å². The van der Waals surface area contributed by atoms with Crippen LogP contribution in [-0.4, -0.2) is 179 Å². The molecule has 24 heteroatoms. The first kappa shape index (κ1) is 65.6. The lowest BCUT2D eigenvalue weighted by Crippen LogP contribution is -2.36. The average molecular weight is 1170 g/mol. The summed E-state index contributed by atoms with van der Waals surface area (Å²) in [5.41, 5.74) is 2.43. The molecule has 4 N–H and O–H groups in total. The molecule has 3 heterocycles. The third-order valence-corrected chi connectivity index (χ3v) is 14.8. The molecule has 1 aliphatic carbocycles. The van der Waals surface area contributed by atoms with E-state index in [4.69, 9.17) is 47.1 Å². The van der Waals surface area contributed by atoms with Gasteiger partial charge >= 0.3 is 5.97 Å². The maximum absolute atomic E-state index is 12.6. The Hall–Kier alpha value is -5.22. The number of benzene rings is 2. The molecule has 5 rings (SSSR count). The Kier molecular flexibility index (Phi) is 26.6. The Morgan fingerprint density at radius 2 is 1.26 bits per heavy atom. The van der Waals surface area contributed by atoms with E-state index in [0.29, 0.717) is 165 Å². The molecule has 80 heavy (non-hydrogen) atoms. The molecule has 0 amide bonds. The molecule has 0 bridgehead atoms. The summed E-state index contributed by atoms with van der Waals surface area (Å²) in [6.07, 6.45) is 7.12. The second kappa shape index (κ2) is 32.4. The highest BCUT2D eigenvalue weighted by molar-refractivity contribution is 7.86. The molecular weight excluding hydrogens is 1080 g/mol. The first-order valence-corrected chi connectivity index (χ1v) is 29.9. The van der Waals surface area contributed by atoms with E-state index in [2.05, 4.69) is 37.5 Å². The zero-order chi connectivity index (χ0) is 58.2. The fourth-order valence-electron chi connectivity index (χ4n) is 9.08. The van der Waals surface area contributed by atoms with Gasteiger partial charge in [0.1, 0.15) is 24.7 Å². The van der Waals surface area contributed by atoms with E-state index >= 15 is 0 Å². The molecule has 0 saturated heterocycles. The van der Waals surface area contributed by atoms with Crippen LogP contribution in [0.5, 0.6) is 11.8 Å². The van der Waals surface area contributed by atoms with Gasteiger partial charge in [-0.1, -0.05) is 33.3 Å². The first-order chi connectivity index (χ1) is 38.2. The number of aromatic hydroxyl groups is 2. The Morgan fingerprint density at radius 3 is 1.80 bits per heavy atom. The normalized spacial score (nSPS) is 15.4. The summed E-state index contributed by atoms with van der Waals surface area (Å²) in [6.45, 7) is 16.0. The van der Waals surface area contributed by atoms with Crippen molar-refractivity contribution in [3.63, 3.8) is 0 Å². The van der Waals surface area contributed by atoms with Gasteiger partial charge in [-0.25, -0.2) is 9.37 Å². The van der Waals surface area contributed by atoms with Gasteiger partial charge in [0.25, 0.3) is 20.2 Å². The minimum absolute atomic E-state index is 0.0154. The largest absolute Gasteiger partial charge is 0.492 e. The van der Waals surface area contributed by atoms with E-state index in [1.807, 2.05) is 42.2 Å². The highest BCUT2D eigenvalue weighted by Gasteiger charge is 2.44. The number of methoxy groups -OCH3 is 2.